The zero-order chi connectivity index (χ0) is 22.0. The first-order chi connectivity index (χ1) is 15.3. The average Bonchev–Trinajstić information content (AvgIpc) is 2.75. The number of aliphatic hydroxyl groups excluding tert-OH is 1. The Balaban J connectivity index is 1.69. The van der Waals surface area contributed by atoms with Crippen LogP contribution in [0, 0.1) is 11.8 Å². The molecule has 2 bridgehead atoms. The van der Waals surface area contributed by atoms with E-state index in [4.69, 9.17) is 4.74 Å². The second-order valence-electron chi connectivity index (χ2n) is 11.0. The van der Waals surface area contributed by atoms with Gasteiger partial charge in [0.05, 0.1) is 12.2 Å². The van der Waals surface area contributed by atoms with Crippen LogP contribution in [0.3, 0.4) is 0 Å². The van der Waals surface area contributed by atoms with Crippen LogP contribution in [0.5, 0.6) is 0 Å². The van der Waals surface area contributed by atoms with Gasteiger partial charge < -0.3 is 9.84 Å². The van der Waals surface area contributed by atoms with Gasteiger partial charge in [-0.3, -0.25) is 0 Å². The second kappa shape index (κ2) is 18.4. The fourth-order valence-corrected chi connectivity index (χ4v) is 6.07. The van der Waals surface area contributed by atoms with E-state index in [1.54, 1.807) is 0 Å². The summed E-state index contributed by atoms with van der Waals surface area (Å²) < 4.78 is 6.55. The molecule has 0 heterocycles. The standard InChI is InChI=1S/C29H56O2/c1-2-3-4-5-6-7-8-9-10-17-24-31-29-23-22-28(30)25-26-18-13-11-15-20-27(29)21-16-12-14-19-26/h26-30H,2-25H2,1H3. The van der Waals surface area contributed by atoms with Gasteiger partial charge in [0.1, 0.15) is 0 Å². The second-order valence-corrected chi connectivity index (χ2v) is 11.0. The highest BCUT2D eigenvalue weighted by Gasteiger charge is 2.25. The molecule has 0 aromatic heterocycles. The molecule has 31 heavy (non-hydrogen) atoms. The number of hydrogen-bond acceptors (Lipinski definition) is 2. The van der Waals surface area contributed by atoms with Crippen molar-refractivity contribution in [1.82, 2.24) is 0 Å². The summed E-state index contributed by atoms with van der Waals surface area (Å²) in [6.45, 7) is 3.23. The number of fused-ring (bicyclic) bond motifs is 12. The van der Waals surface area contributed by atoms with Gasteiger partial charge in [-0.05, 0) is 50.4 Å². The highest BCUT2D eigenvalue weighted by molar-refractivity contribution is 4.77. The van der Waals surface area contributed by atoms with Crippen LogP contribution in [-0.4, -0.2) is 23.9 Å². The molecule has 3 rings (SSSR count). The first-order valence-electron chi connectivity index (χ1n) is 14.6. The number of aliphatic hydroxyl groups is 1. The summed E-state index contributed by atoms with van der Waals surface area (Å²) in [5, 5.41) is 10.7. The van der Waals surface area contributed by atoms with Crippen LogP contribution in [0.2, 0.25) is 0 Å². The van der Waals surface area contributed by atoms with Gasteiger partial charge in [-0.1, -0.05) is 116 Å². The first kappa shape index (κ1) is 27.2. The number of rotatable bonds is 12. The maximum Gasteiger partial charge on any atom is 0.0604 e. The fourth-order valence-electron chi connectivity index (χ4n) is 6.07. The monoisotopic (exact) mass is 436 g/mol. The SMILES string of the molecule is CCCCCCCCCCCCOC1CCC(O)CC2CCCCCC1CCCCC2. The third kappa shape index (κ3) is 13.3. The normalized spacial score (nSPS) is 28.8. The minimum Gasteiger partial charge on any atom is -0.393 e. The molecule has 0 spiro atoms. The van der Waals surface area contributed by atoms with E-state index in [9.17, 15) is 5.11 Å². The molecule has 0 amide bonds. The summed E-state index contributed by atoms with van der Waals surface area (Å²) in [6.07, 6.45) is 30.9. The van der Waals surface area contributed by atoms with Crippen molar-refractivity contribution in [2.45, 2.75) is 167 Å². The van der Waals surface area contributed by atoms with Crippen molar-refractivity contribution in [1.29, 1.82) is 0 Å². The minimum atomic E-state index is -0.104. The molecule has 0 radical (unpaired) electrons. The molecule has 184 valence electrons. The van der Waals surface area contributed by atoms with Crippen LogP contribution in [0.25, 0.3) is 0 Å². The van der Waals surface area contributed by atoms with Crippen molar-refractivity contribution in [2.75, 3.05) is 6.61 Å². The van der Waals surface area contributed by atoms with Crippen molar-refractivity contribution < 1.29 is 9.84 Å². The molecular weight excluding hydrogens is 380 g/mol. The van der Waals surface area contributed by atoms with E-state index in [2.05, 4.69) is 6.92 Å². The molecule has 0 saturated heterocycles. The largest absolute Gasteiger partial charge is 0.393 e. The molecule has 3 aliphatic carbocycles. The van der Waals surface area contributed by atoms with E-state index < -0.39 is 0 Å². The van der Waals surface area contributed by atoms with Crippen LogP contribution in [0.4, 0.5) is 0 Å². The van der Waals surface area contributed by atoms with E-state index in [1.165, 1.54) is 128 Å². The molecule has 3 saturated carbocycles. The van der Waals surface area contributed by atoms with Gasteiger partial charge in [0.2, 0.25) is 0 Å². The Morgan fingerprint density at radius 3 is 1.77 bits per heavy atom. The van der Waals surface area contributed by atoms with Gasteiger partial charge in [0.25, 0.3) is 0 Å². The van der Waals surface area contributed by atoms with Crippen LogP contribution in [-0.2, 0) is 4.74 Å². The topological polar surface area (TPSA) is 29.5 Å². The van der Waals surface area contributed by atoms with E-state index in [0.29, 0.717) is 6.10 Å². The fraction of sp³-hybridized carbons (Fsp3) is 1.00. The molecule has 3 fully saturated rings. The van der Waals surface area contributed by atoms with Crippen molar-refractivity contribution in [3.05, 3.63) is 0 Å². The lowest BCUT2D eigenvalue weighted by molar-refractivity contribution is -0.0139. The number of ether oxygens (including phenoxy) is 1. The maximum atomic E-state index is 10.7. The molecule has 2 nitrogen and oxygen atoms in total. The Morgan fingerprint density at radius 2 is 1.16 bits per heavy atom. The lowest BCUT2D eigenvalue weighted by atomic mass is 9.82. The zero-order valence-electron chi connectivity index (χ0n) is 21.1. The predicted octanol–water partition coefficient (Wildman–Crippen LogP) is 8.98. The summed E-state index contributed by atoms with van der Waals surface area (Å²) in [7, 11) is 0. The zero-order valence-corrected chi connectivity index (χ0v) is 21.1. The van der Waals surface area contributed by atoms with Crippen molar-refractivity contribution in [3.8, 4) is 0 Å². The van der Waals surface area contributed by atoms with Crippen LogP contribution >= 0.6 is 0 Å². The van der Waals surface area contributed by atoms with Gasteiger partial charge in [0, 0.05) is 6.61 Å². The summed E-state index contributed by atoms with van der Waals surface area (Å²) in [5.74, 6) is 1.49. The summed E-state index contributed by atoms with van der Waals surface area (Å²) >= 11 is 0. The number of hydrogen-bond donors (Lipinski definition) is 1. The molecule has 1 N–H and O–H groups in total. The quantitative estimate of drug-likeness (QED) is 0.309. The average molecular weight is 437 g/mol. The van der Waals surface area contributed by atoms with Crippen LogP contribution in [0.15, 0.2) is 0 Å². The molecule has 0 aromatic carbocycles. The van der Waals surface area contributed by atoms with Gasteiger partial charge in [-0.25, -0.2) is 0 Å². The molecule has 2 unspecified atom stereocenters. The van der Waals surface area contributed by atoms with E-state index in [0.717, 1.165) is 37.7 Å². The van der Waals surface area contributed by atoms with Gasteiger partial charge >= 0.3 is 0 Å². The van der Waals surface area contributed by atoms with E-state index in [-0.39, 0.29) is 6.10 Å². The Morgan fingerprint density at radius 1 is 0.613 bits per heavy atom. The van der Waals surface area contributed by atoms with E-state index >= 15 is 0 Å². The first-order valence-corrected chi connectivity index (χ1v) is 14.6. The van der Waals surface area contributed by atoms with Crippen molar-refractivity contribution in [3.63, 3.8) is 0 Å². The van der Waals surface area contributed by atoms with E-state index in [1.807, 2.05) is 0 Å². The predicted molar refractivity (Wildman–Crippen MR) is 135 cm³/mol. The molecule has 0 aromatic rings. The highest BCUT2D eigenvalue weighted by atomic mass is 16.5. The molecule has 3 aliphatic rings. The molecule has 2 atom stereocenters. The lowest BCUT2D eigenvalue weighted by Crippen LogP contribution is -2.28. The van der Waals surface area contributed by atoms with Gasteiger partial charge in [0.15, 0.2) is 0 Å². The Kier molecular flexibility index (Phi) is 16.1. The van der Waals surface area contributed by atoms with Gasteiger partial charge in [-0.2, -0.15) is 0 Å². The highest BCUT2D eigenvalue weighted by Crippen LogP contribution is 2.32. The molecular formula is C29H56O2. The third-order valence-electron chi connectivity index (χ3n) is 8.12. The van der Waals surface area contributed by atoms with Gasteiger partial charge in [-0.15, -0.1) is 0 Å². The van der Waals surface area contributed by atoms with Crippen LogP contribution < -0.4 is 0 Å². The Labute approximate surface area is 195 Å². The number of unbranched alkanes of at least 4 members (excludes halogenated alkanes) is 9. The summed E-state index contributed by atoms with van der Waals surface area (Å²) in [5.41, 5.74) is 0. The third-order valence-corrected chi connectivity index (χ3v) is 8.12. The summed E-state index contributed by atoms with van der Waals surface area (Å²) in [4.78, 5) is 0. The Hall–Kier alpha value is -0.0800. The Bertz CT molecular complexity index is 382. The lowest BCUT2D eigenvalue weighted by Gasteiger charge is -2.31. The van der Waals surface area contributed by atoms with Crippen LogP contribution in [0.1, 0.15) is 155 Å². The minimum absolute atomic E-state index is 0.104. The summed E-state index contributed by atoms with van der Waals surface area (Å²) in [6, 6.07) is 0. The molecule has 0 aliphatic heterocycles. The smallest absolute Gasteiger partial charge is 0.0604 e. The molecule has 2 heteroatoms. The van der Waals surface area contributed by atoms with Crippen molar-refractivity contribution >= 4 is 0 Å². The maximum absolute atomic E-state index is 10.7. The van der Waals surface area contributed by atoms with Crippen molar-refractivity contribution in [2.24, 2.45) is 11.8 Å².